The number of methoxy groups -OCH3 is 1. The number of non-ortho nitro benzene ring substituents is 1. The number of carbonyl (C=O) groups is 1. The van der Waals surface area contributed by atoms with Crippen LogP contribution in [0.2, 0.25) is 0 Å². The van der Waals surface area contributed by atoms with Crippen molar-refractivity contribution in [1.82, 2.24) is 9.21 Å². The number of guanidine groups is 1. The number of halogens is 3. The molecule has 0 unspecified atom stereocenters. The van der Waals surface area contributed by atoms with Gasteiger partial charge in [0.15, 0.2) is 0 Å². The first-order chi connectivity index (χ1) is 18.5. The maximum Gasteiger partial charge on any atom is 0.534 e. The highest BCUT2D eigenvalue weighted by atomic mass is 32.2. The molecule has 232 valence electrons. The highest BCUT2D eigenvalue weighted by molar-refractivity contribution is 7.89. The van der Waals surface area contributed by atoms with Crippen molar-refractivity contribution in [3.63, 3.8) is 0 Å². The summed E-state index contributed by atoms with van der Waals surface area (Å²) in [5.41, 5.74) is -10.6. The molecular weight excluding hydrogens is 605 g/mol. The van der Waals surface area contributed by atoms with Crippen LogP contribution in [-0.2, 0) is 39.9 Å². The summed E-state index contributed by atoms with van der Waals surface area (Å²) in [5.74, 6) is -2.73. The average molecular weight is 635 g/mol. The Balaban J connectivity index is 2.82. The minimum Gasteiger partial charge on any atom is -0.443 e. The van der Waals surface area contributed by atoms with Crippen molar-refractivity contribution in [1.29, 1.82) is 0 Å². The zero-order valence-corrected chi connectivity index (χ0v) is 24.4. The van der Waals surface area contributed by atoms with Crippen LogP contribution in [0.4, 0.5) is 23.7 Å². The maximum absolute atomic E-state index is 13.3. The van der Waals surface area contributed by atoms with Crippen molar-refractivity contribution in [2.45, 2.75) is 44.3 Å². The second-order valence-electron chi connectivity index (χ2n) is 9.77. The highest BCUT2D eigenvalue weighted by Crippen LogP contribution is 2.41. The van der Waals surface area contributed by atoms with Crippen LogP contribution in [0.15, 0.2) is 23.2 Å². The number of hydrogen-bond acceptors (Lipinski definition) is 12. The number of ether oxygens (including phenoxy) is 3. The minimum absolute atomic E-state index is 0.0605. The molecule has 1 heterocycles. The lowest BCUT2D eigenvalue weighted by molar-refractivity contribution is -0.385. The van der Waals surface area contributed by atoms with Crippen molar-refractivity contribution in [3.05, 3.63) is 33.9 Å². The number of nitro benzene ring substituents is 1. The molecule has 0 radical (unpaired) electrons. The van der Waals surface area contributed by atoms with Gasteiger partial charge in [-0.15, -0.1) is 0 Å². The first-order valence-electron chi connectivity index (χ1n) is 11.5. The van der Waals surface area contributed by atoms with E-state index in [1.807, 2.05) is 0 Å². The Kier molecular flexibility index (Phi) is 9.89. The number of hydrogen-bond donors (Lipinski definition) is 0. The van der Waals surface area contributed by atoms with Gasteiger partial charge in [0.05, 0.1) is 23.9 Å². The molecule has 41 heavy (non-hydrogen) atoms. The molecule has 1 amide bonds. The van der Waals surface area contributed by atoms with Crippen LogP contribution < -0.4 is 4.18 Å². The molecule has 0 bridgehead atoms. The van der Waals surface area contributed by atoms with E-state index in [1.54, 1.807) is 0 Å². The van der Waals surface area contributed by atoms with Gasteiger partial charge in [0.2, 0.25) is 16.0 Å². The van der Waals surface area contributed by atoms with Crippen LogP contribution in [0.3, 0.4) is 0 Å². The van der Waals surface area contributed by atoms with Gasteiger partial charge in [0, 0.05) is 31.9 Å². The molecule has 2 rings (SSSR count). The summed E-state index contributed by atoms with van der Waals surface area (Å²) in [6.45, 7) is 5.02. The number of amides is 1. The molecule has 0 saturated carbocycles. The Labute approximate surface area is 234 Å². The Morgan fingerprint density at radius 2 is 1.85 bits per heavy atom. The predicted octanol–water partition coefficient (Wildman–Crippen LogP) is 2.53. The molecule has 1 atom stereocenters. The fourth-order valence-electron chi connectivity index (χ4n) is 3.37. The van der Waals surface area contributed by atoms with Gasteiger partial charge < -0.3 is 18.4 Å². The van der Waals surface area contributed by atoms with Crippen LogP contribution in [0.1, 0.15) is 33.3 Å². The summed E-state index contributed by atoms with van der Waals surface area (Å²) in [5, 5.41) is 11.4. The van der Waals surface area contributed by atoms with Gasteiger partial charge in [-0.2, -0.15) is 21.6 Å². The zero-order valence-electron chi connectivity index (χ0n) is 22.8. The standard InChI is InChI=1S/C21H29F3N4O11S2/c1-19(2,3)38-18(29)27(13-37-10-9-36-6)17-25-20(4,12-40(32,33)26(17)5)15-11-14(28(30)31)7-8-16(15)39-41(34,35)21(22,23)24/h7-8,11H,9-10,12-13H2,1-6H3/t20-/m0/s1. The van der Waals surface area contributed by atoms with Crippen LogP contribution >= 0.6 is 0 Å². The molecule has 0 fully saturated rings. The van der Waals surface area contributed by atoms with Crippen molar-refractivity contribution in [2.24, 2.45) is 4.99 Å². The summed E-state index contributed by atoms with van der Waals surface area (Å²) in [4.78, 5) is 28.6. The van der Waals surface area contributed by atoms with Crippen LogP contribution in [0.5, 0.6) is 5.75 Å². The van der Waals surface area contributed by atoms with E-state index in [-0.39, 0.29) is 13.2 Å². The molecule has 0 aromatic heterocycles. The quantitative estimate of drug-likeness (QED) is 0.0971. The number of benzene rings is 1. The minimum atomic E-state index is -6.29. The lowest BCUT2D eigenvalue weighted by atomic mass is 9.93. The summed E-state index contributed by atoms with van der Waals surface area (Å²) < 4.78 is 110. The molecular formula is C21H29F3N4O11S2. The molecule has 0 N–H and O–H groups in total. The fraction of sp³-hybridized carbons (Fsp3) is 0.619. The molecule has 0 aliphatic carbocycles. The largest absolute Gasteiger partial charge is 0.534 e. The van der Waals surface area contributed by atoms with Gasteiger partial charge >= 0.3 is 21.7 Å². The number of rotatable bonds is 9. The maximum atomic E-state index is 13.3. The molecule has 1 aromatic rings. The average Bonchev–Trinajstić information content (AvgIpc) is 2.79. The molecule has 1 aliphatic heterocycles. The van der Waals surface area contributed by atoms with E-state index < -0.39 is 83.2 Å². The van der Waals surface area contributed by atoms with Gasteiger partial charge in [0.1, 0.15) is 23.6 Å². The van der Waals surface area contributed by atoms with Gasteiger partial charge in [-0.25, -0.2) is 27.4 Å². The number of aliphatic imine (C=N–C) groups is 1. The van der Waals surface area contributed by atoms with E-state index in [1.165, 1.54) is 27.9 Å². The topological polar surface area (TPSA) is 184 Å². The smallest absolute Gasteiger partial charge is 0.443 e. The van der Waals surface area contributed by atoms with E-state index in [0.29, 0.717) is 27.4 Å². The number of sulfonamides is 1. The second kappa shape index (κ2) is 11.9. The number of alkyl halides is 3. The molecule has 0 spiro atoms. The van der Waals surface area contributed by atoms with Crippen molar-refractivity contribution < 1.29 is 58.1 Å². The van der Waals surface area contributed by atoms with Crippen LogP contribution in [-0.4, -0.2) is 94.0 Å². The van der Waals surface area contributed by atoms with Gasteiger partial charge in [-0.3, -0.25) is 10.1 Å². The summed E-state index contributed by atoms with van der Waals surface area (Å²) >= 11 is 0. The SMILES string of the molecule is COCCOCN(C(=O)OC(C)(C)C)C1=N[C@](C)(c2cc([N+](=O)[O-])ccc2OS(=O)(=O)C(F)(F)F)CS(=O)(=O)N1C. The molecule has 1 aliphatic rings. The number of carbonyl (C=O) groups excluding carboxylic acids is 1. The van der Waals surface area contributed by atoms with Gasteiger partial charge in [-0.05, 0) is 33.8 Å². The molecule has 20 heteroatoms. The third kappa shape index (κ3) is 8.17. The summed E-state index contributed by atoms with van der Waals surface area (Å²) in [6, 6.07) is 1.87. The first-order valence-corrected chi connectivity index (χ1v) is 14.5. The van der Waals surface area contributed by atoms with Gasteiger partial charge in [-0.1, -0.05) is 0 Å². The monoisotopic (exact) mass is 634 g/mol. The van der Waals surface area contributed by atoms with Crippen LogP contribution in [0, 0.1) is 10.1 Å². The first kappa shape index (κ1) is 34.0. The number of nitro groups is 1. The Bertz CT molecular complexity index is 1410. The third-order valence-corrected chi connectivity index (χ3v) is 8.14. The van der Waals surface area contributed by atoms with Crippen molar-refractivity contribution in [3.8, 4) is 5.75 Å². The lowest BCUT2D eigenvalue weighted by Gasteiger charge is -2.39. The molecule has 1 aromatic carbocycles. The zero-order chi connectivity index (χ0) is 31.6. The van der Waals surface area contributed by atoms with E-state index >= 15 is 0 Å². The number of nitrogens with zero attached hydrogens (tertiary/aromatic N) is 4. The highest BCUT2D eigenvalue weighted by Gasteiger charge is 2.51. The Morgan fingerprint density at radius 1 is 1.24 bits per heavy atom. The fourth-order valence-corrected chi connectivity index (χ4v) is 5.35. The van der Waals surface area contributed by atoms with Crippen molar-refractivity contribution >= 4 is 37.9 Å². The van der Waals surface area contributed by atoms with E-state index in [4.69, 9.17) is 14.2 Å². The van der Waals surface area contributed by atoms with Crippen LogP contribution in [0.25, 0.3) is 0 Å². The Morgan fingerprint density at radius 3 is 2.37 bits per heavy atom. The lowest BCUT2D eigenvalue weighted by Crippen LogP contribution is -2.56. The van der Waals surface area contributed by atoms with E-state index in [9.17, 15) is 44.9 Å². The Hall–Kier alpha value is -3.23. The summed E-state index contributed by atoms with van der Waals surface area (Å²) in [7, 11) is -8.35. The predicted molar refractivity (Wildman–Crippen MR) is 136 cm³/mol. The molecule has 0 saturated heterocycles. The normalized spacial score (nSPS) is 19.3. The van der Waals surface area contributed by atoms with E-state index in [2.05, 4.69) is 9.18 Å². The van der Waals surface area contributed by atoms with E-state index in [0.717, 1.165) is 14.0 Å². The third-order valence-electron chi connectivity index (χ3n) is 5.25. The van der Waals surface area contributed by atoms with Crippen molar-refractivity contribution in [2.75, 3.05) is 39.9 Å². The summed E-state index contributed by atoms with van der Waals surface area (Å²) in [6.07, 6.45) is -1.13. The molecule has 15 nitrogen and oxygen atoms in total. The second-order valence-corrected chi connectivity index (χ2v) is 13.3. The van der Waals surface area contributed by atoms with Gasteiger partial charge in [0.25, 0.3) is 5.69 Å².